The number of benzene rings is 2. The van der Waals surface area contributed by atoms with Crippen LogP contribution in [0.15, 0.2) is 63.4 Å². The van der Waals surface area contributed by atoms with E-state index in [1.165, 1.54) is 28.6 Å². The molecule has 192 valence electrons. The van der Waals surface area contributed by atoms with Gasteiger partial charge in [-0.3, -0.25) is 9.59 Å². The fourth-order valence-electron chi connectivity index (χ4n) is 3.66. The van der Waals surface area contributed by atoms with Crippen LogP contribution in [0.25, 0.3) is 11.3 Å². The van der Waals surface area contributed by atoms with Gasteiger partial charge in [0, 0.05) is 42.5 Å². The van der Waals surface area contributed by atoms with Crippen molar-refractivity contribution in [2.45, 2.75) is 10.1 Å². The summed E-state index contributed by atoms with van der Waals surface area (Å²) in [5.74, 6) is -0.448. The number of rotatable bonds is 7. The van der Waals surface area contributed by atoms with Gasteiger partial charge >= 0.3 is 0 Å². The number of halogens is 1. The lowest BCUT2D eigenvalue weighted by atomic mass is 10.1. The summed E-state index contributed by atoms with van der Waals surface area (Å²) in [6, 6.07) is 14.4. The molecule has 2 heterocycles. The van der Waals surface area contributed by atoms with E-state index in [0.29, 0.717) is 42.5 Å². The number of sulfonamides is 1. The van der Waals surface area contributed by atoms with Gasteiger partial charge in [0.1, 0.15) is 11.6 Å². The normalized spacial score (nSPS) is 14.7. The van der Waals surface area contributed by atoms with Crippen LogP contribution in [0.4, 0.5) is 5.69 Å². The lowest BCUT2D eigenvalue weighted by molar-refractivity contribution is -0.113. The van der Waals surface area contributed by atoms with Crippen LogP contribution < -0.4 is 10.9 Å². The predicted molar refractivity (Wildman–Crippen MR) is 142 cm³/mol. The molecule has 1 fully saturated rings. The molecule has 0 saturated carbocycles. The minimum atomic E-state index is -3.60. The van der Waals surface area contributed by atoms with Crippen LogP contribution in [0.3, 0.4) is 0 Å². The van der Waals surface area contributed by atoms with Crippen molar-refractivity contribution in [2.24, 2.45) is 0 Å². The molecule has 2 aromatic carbocycles. The third-order valence-electron chi connectivity index (χ3n) is 5.71. The Labute approximate surface area is 223 Å². The number of hydrogen-bond donors (Lipinski definition) is 2. The first-order valence-electron chi connectivity index (χ1n) is 11.2. The van der Waals surface area contributed by atoms with Crippen molar-refractivity contribution in [3.8, 4) is 17.3 Å². The monoisotopic (exact) mass is 558 g/mol. The second kappa shape index (κ2) is 11.5. The van der Waals surface area contributed by atoms with Gasteiger partial charge in [0.2, 0.25) is 15.9 Å². The van der Waals surface area contributed by atoms with E-state index in [1.807, 2.05) is 13.1 Å². The highest BCUT2D eigenvalue weighted by Crippen LogP contribution is 2.24. The Morgan fingerprint density at radius 3 is 2.41 bits per heavy atom. The number of nitrogens with zero attached hydrogens (tertiary/aromatic N) is 4. The van der Waals surface area contributed by atoms with E-state index in [4.69, 9.17) is 11.6 Å². The number of likely N-dealkylation sites (N-methyl/N-ethyl adjacent to an activating group) is 1. The molecule has 2 N–H and O–H groups in total. The third kappa shape index (κ3) is 6.38. The summed E-state index contributed by atoms with van der Waals surface area (Å²) in [5.41, 5.74) is 0.434. The summed E-state index contributed by atoms with van der Waals surface area (Å²) >= 11 is 6.92. The van der Waals surface area contributed by atoms with Gasteiger partial charge < -0.3 is 15.2 Å². The van der Waals surface area contributed by atoms with Gasteiger partial charge in [0.25, 0.3) is 5.56 Å². The molecule has 3 aromatic rings. The van der Waals surface area contributed by atoms with E-state index in [2.05, 4.69) is 20.2 Å². The summed E-state index contributed by atoms with van der Waals surface area (Å²) in [6.07, 6.45) is 0. The average Bonchev–Trinajstić information content (AvgIpc) is 2.88. The number of piperazine rings is 1. The second-order valence-electron chi connectivity index (χ2n) is 8.28. The lowest BCUT2D eigenvalue weighted by Gasteiger charge is -2.31. The summed E-state index contributed by atoms with van der Waals surface area (Å²) in [5, 5.41) is 12.8. The minimum absolute atomic E-state index is 0.0732. The van der Waals surface area contributed by atoms with Crippen molar-refractivity contribution >= 4 is 45.0 Å². The number of carbonyl (C=O) groups excluding carboxylic acids is 1. The van der Waals surface area contributed by atoms with Crippen molar-refractivity contribution in [3.05, 3.63) is 69.5 Å². The summed E-state index contributed by atoms with van der Waals surface area (Å²) in [7, 11) is -1.65. The van der Waals surface area contributed by atoms with E-state index in [9.17, 15) is 23.3 Å². The Kier molecular flexibility index (Phi) is 8.31. The van der Waals surface area contributed by atoms with Crippen LogP contribution in [-0.2, 0) is 14.8 Å². The number of aromatic nitrogens is 2. The minimum Gasteiger partial charge on any atom is -0.325 e. The van der Waals surface area contributed by atoms with Crippen LogP contribution in [0, 0.1) is 11.3 Å². The van der Waals surface area contributed by atoms with Crippen molar-refractivity contribution < 1.29 is 13.2 Å². The zero-order valence-corrected chi connectivity index (χ0v) is 22.2. The molecule has 0 unspecified atom stereocenters. The summed E-state index contributed by atoms with van der Waals surface area (Å²) < 4.78 is 27.2. The molecule has 0 spiro atoms. The molecule has 1 amide bonds. The largest absolute Gasteiger partial charge is 0.325 e. The van der Waals surface area contributed by atoms with Gasteiger partial charge in [-0.1, -0.05) is 35.5 Å². The zero-order valence-electron chi connectivity index (χ0n) is 19.8. The Hall–Kier alpha value is -3.21. The summed E-state index contributed by atoms with van der Waals surface area (Å²) in [6.45, 7) is 2.21. The molecule has 10 nitrogen and oxygen atoms in total. The van der Waals surface area contributed by atoms with Crippen LogP contribution in [0.1, 0.15) is 5.56 Å². The van der Waals surface area contributed by atoms with Crippen LogP contribution in [0.2, 0.25) is 5.02 Å². The number of thioether (sulfide) groups is 1. The highest BCUT2D eigenvalue weighted by atomic mass is 35.5. The molecule has 0 bridgehead atoms. The molecule has 37 heavy (non-hydrogen) atoms. The fourth-order valence-corrected chi connectivity index (χ4v) is 5.87. The molecule has 1 aliphatic rings. The maximum Gasteiger partial charge on any atom is 0.270 e. The molecule has 1 saturated heterocycles. The van der Waals surface area contributed by atoms with Gasteiger partial charge in [-0.2, -0.15) is 9.57 Å². The molecule has 0 aliphatic carbocycles. The van der Waals surface area contributed by atoms with Crippen LogP contribution in [0.5, 0.6) is 0 Å². The summed E-state index contributed by atoms with van der Waals surface area (Å²) in [4.78, 5) is 34.0. The highest BCUT2D eigenvalue weighted by Gasteiger charge is 2.27. The van der Waals surface area contributed by atoms with Crippen molar-refractivity contribution in [1.29, 1.82) is 5.26 Å². The number of nitrogens with one attached hydrogen (secondary N) is 2. The van der Waals surface area contributed by atoms with E-state index in [-0.39, 0.29) is 33.0 Å². The second-order valence-corrected chi connectivity index (χ2v) is 11.6. The molecule has 0 radical (unpaired) electrons. The molecule has 1 aliphatic heterocycles. The third-order valence-corrected chi connectivity index (χ3v) is 8.74. The van der Waals surface area contributed by atoms with E-state index >= 15 is 0 Å². The van der Waals surface area contributed by atoms with E-state index < -0.39 is 15.6 Å². The fraction of sp³-hybridized carbons (Fsp3) is 0.250. The SMILES string of the molecule is CN1CCN(S(=O)(=O)c2ccc(NC(=O)CSc3nc(-c4ccc(Cl)cc4)c(C#N)c(=O)[nH]3)cc2)CC1. The highest BCUT2D eigenvalue weighted by molar-refractivity contribution is 7.99. The number of hydrogen-bond acceptors (Lipinski definition) is 8. The molecule has 13 heteroatoms. The number of aromatic amines is 1. The Balaban J connectivity index is 1.41. The first-order valence-corrected chi connectivity index (χ1v) is 14.0. The molecule has 1 aromatic heterocycles. The number of carbonyl (C=O) groups is 1. The van der Waals surface area contributed by atoms with Crippen LogP contribution in [-0.4, -0.2) is 72.5 Å². The first kappa shape index (κ1) is 26.8. The Bertz CT molecular complexity index is 1490. The van der Waals surface area contributed by atoms with Crippen molar-refractivity contribution in [1.82, 2.24) is 19.2 Å². The van der Waals surface area contributed by atoms with Crippen molar-refractivity contribution in [2.75, 3.05) is 44.3 Å². The lowest BCUT2D eigenvalue weighted by Crippen LogP contribution is -2.46. The molecule has 4 rings (SSSR count). The molecular weight excluding hydrogens is 536 g/mol. The maximum atomic E-state index is 12.9. The molecular formula is C24H23ClN6O4S2. The Morgan fingerprint density at radius 2 is 1.78 bits per heavy atom. The number of amides is 1. The standard InChI is InChI=1S/C24H23ClN6O4S2/c1-30-10-12-31(13-11-30)37(34,35)19-8-6-18(7-9-19)27-21(32)15-36-24-28-22(20(14-26)23(33)29-24)16-2-4-17(25)5-3-16/h2-9H,10-13,15H2,1H3,(H,27,32)(H,28,29,33). The van der Waals surface area contributed by atoms with E-state index in [1.54, 1.807) is 24.3 Å². The average molecular weight is 559 g/mol. The quantitative estimate of drug-likeness (QED) is 0.333. The number of nitriles is 1. The number of anilines is 1. The van der Waals surface area contributed by atoms with Gasteiger partial charge in [-0.15, -0.1) is 0 Å². The maximum absolute atomic E-state index is 12.9. The van der Waals surface area contributed by atoms with E-state index in [0.717, 1.165) is 11.8 Å². The zero-order chi connectivity index (χ0) is 26.6. The van der Waals surface area contributed by atoms with Crippen LogP contribution >= 0.6 is 23.4 Å². The van der Waals surface area contributed by atoms with Gasteiger partial charge in [-0.25, -0.2) is 13.4 Å². The smallest absolute Gasteiger partial charge is 0.270 e. The predicted octanol–water partition coefficient (Wildman–Crippen LogP) is 2.63. The topological polar surface area (TPSA) is 139 Å². The Morgan fingerprint density at radius 1 is 1.14 bits per heavy atom. The molecule has 0 atom stereocenters. The number of H-pyrrole nitrogens is 1. The van der Waals surface area contributed by atoms with Gasteiger partial charge in [-0.05, 0) is 43.4 Å². The van der Waals surface area contributed by atoms with Gasteiger partial charge in [0.05, 0.1) is 16.3 Å². The van der Waals surface area contributed by atoms with Gasteiger partial charge in [0.15, 0.2) is 5.16 Å². The first-order chi connectivity index (χ1) is 17.7. The van der Waals surface area contributed by atoms with Crippen molar-refractivity contribution in [3.63, 3.8) is 0 Å².